The van der Waals surface area contributed by atoms with Crippen molar-refractivity contribution in [2.24, 2.45) is 0 Å². The fraction of sp³-hybridized carbons (Fsp3) is 0.316. The van der Waals surface area contributed by atoms with Crippen LogP contribution >= 0.6 is 0 Å². The number of halogens is 1. The van der Waals surface area contributed by atoms with E-state index < -0.39 is 27.7 Å². The predicted octanol–water partition coefficient (Wildman–Crippen LogP) is 2.45. The monoisotopic (exact) mass is 392 g/mol. The van der Waals surface area contributed by atoms with Crippen LogP contribution in [-0.2, 0) is 20.6 Å². The van der Waals surface area contributed by atoms with Gasteiger partial charge in [-0.2, -0.15) is 0 Å². The number of para-hydroxylation sites is 2. The number of benzene rings is 2. The van der Waals surface area contributed by atoms with Crippen molar-refractivity contribution in [3.63, 3.8) is 0 Å². The second-order valence-electron chi connectivity index (χ2n) is 6.24. The van der Waals surface area contributed by atoms with Crippen molar-refractivity contribution >= 4 is 21.6 Å². The highest BCUT2D eigenvalue weighted by atomic mass is 32.2. The molecule has 1 heterocycles. The molecule has 144 valence electrons. The maximum absolute atomic E-state index is 14.0. The van der Waals surface area contributed by atoms with Crippen molar-refractivity contribution < 1.29 is 22.3 Å². The molecule has 1 aliphatic heterocycles. The van der Waals surface area contributed by atoms with Gasteiger partial charge in [0.15, 0.2) is 6.10 Å². The van der Waals surface area contributed by atoms with E-state index in [1.54, 1.807) is 30.3 Å². The molecule has 0 aliphatic carbocycles. The zero-order chi connectivity index (χ0) is 19.4. The summed E-state index contributed by atoms with van der Waals surface area (Å²) in [4.78, 5) is 12.3. The minimum Gasteiger partial charge on any atom is -0.476 e. The lowest BCUT2D eigenvalue weighted by Crippen LogP contribution is -2.51. The summed E-state index contributed by atoms with van der Waals surface area (Å²) in [5.41, 5.74) is 0.418. The summed E-state index contributed by atoms with van der Waals surface area (Å²) in [5.74, 6) is -1.16. The second kappa shape index (κ2) is 7.96. The molecule has 0 bridgehead atoms. The molecule has 0 fully saturated rings. The van der Waals surface area contributed by atoms with Crippen LogP contribution in [0.5, 0.6) is 5.75 Å². The van der Waals surface area contributed by atoms with E-state index in [4.69, 9.17) is 4.74 Å². The summed E-state index contributed by atoms with van der Waals surface area (Å²) in [7, 11) is -3.93. The molecule has 1 atom stereocenters. The average molecular weight is 392 g/mol. The van der Waals surface area contributed by atoms with Crippen LogP contribution in [-0.4, -0.2) is 33.5 Å². The molecule has 0 aromatic heterocycles. The number of carbonyl (C=O) groups is 1. The first-order valence-corrected chi connectivity index (χ1v) is 10.3. The Morgan fingerprint density at radius 3 is 2.67 bits per heavy atom. The molecule has 2 aromatic carbocycles. The maximum atomic E-state index is 14.0. The average Bonchev–Trinajstić information content (AvgIpc) is 2.66. The van der Waals surface area contributed by atoms with E-state index in [2.05, 4.69) is 5.32 Å². The summed E-state index contributed by atoms with van der Waals surface area (Å²) in [6.45, 7) is 2.23. The molecule has 8 heteroatoms. The summed E-state index contributed by atoms with van der Waals surface area (Å²) in [5, 5.41) is 2.72. The molecule has 0 saturated heterocycles. The van der Waals surface area contributed by atoms with Crippen LogP contribution in [0.4, 0.5) is 10.1 Å². The van der Waals surface area contributed by atoms with Gasteiger partial charge in [0.2, 0.25) is 10.0 Å². The predicted molar refractivity (Wildman–Crippen MR) is 101 cm³/mol. The summed E-state index contributed by atoms with van der Waals surface area (Å²) in [6, 6.07) is 12.3. The number of ether oxygens (including phenoxy) is 1. The van der Waals surface area contributed by atoms with Gasteiger partial charge in [0.05, 0.1) is 18.0 Å². The van der Waals surface area contributed by atoms with Gasteiger partial charge < -0.3 is 10.1 Å². The van der Waals surface area contributed by atoms with Crippen LogP contribution in [0.15, 0.2) is 48.5 Å². The summed E-state index contributed by atoms with van der Waals surface area (Å²) < 4.78 is 46.8. The van der Waals surface area contributed by atoms with E-state index in [-0.39, 0.29) is 18.0 Å². The van der Waals surface area contributed by atoms with Crippen molar-refractivity contribution in [1.82, 2.24) is 5.32 Å². The van der Waals surface area contributed by atoms with Crippen molar-refractivity contribution in [3.8, 4) is 5.75 Å². The molecular weight excluding hydrogens is 371 g/mol. The Hall–Kier alpha value is -2.61. The van der Waals surface area contributed by atoms with Crippen molar-refractivity contribution in [2.75, 3.05) is 17.4 Å². The van der Waals surface area contributed by atoms with Crippen LogP contribution in [0.2, 0.25) is 0 Å². The fourth-order valence-corrected chi connectivity index (χ4v) is 4.45. The van der Waals surface area contributed by atoms with Crippen molar-refractivity contribution in [1.29, 1.82) is 0 Å². The lowest BCUT2D eigenvalue weighted by atomic mass is 10.2. The van der Waals surface area contributed by atoms with Gasteiger partial charge in [-0.05, 0) is 24.6 Å². The maximum Gasteiger partial charge on any atom is 0.263 e. The minimum absolute atomic E-state index is 0.0773. The van der Waals surface area contributed by atoms with Crippen LogP contribution in [0.1, 0.15) is 18.9 Å². The van der Waals surface area contributed by atoms with Crippen molar-refractivity contribution in [2.45, 2.75) is 25.2 Å². The quantitative estimate of drug-likeness (QED) is 0.819. The lowest BCUT2D eigenvalue weighted by molar-refractivity contribution is -0.127. The van der Waals surface area contributed by atoms with Crippen LogP contribution in [0, 0.1) is 5.82 Å². The lowest BCUT2D eigenvalue weighted by Gasteiger charge is -2.34. The van der Waals surface area contributed by atoms with E-state index in [1.165, 1.54) is 18.2 Å². The Kier molecular flexibility index (Phi) is 5.65. The number of nitrogens with zero attached hydrogens (tertiary/aromatic N) is 1. The molecule has 1 amide bonds. The Morgan fingerprint density at radius 1 is 1.22 bits per heavy atom. The molecule has 0 saturated carbocycles. The molecule has 1 aliphatic rings. The number of amides is 1. The molecule has 27 heavy (non-hydrogen) atoms. The molecular formula is C19H21FN2O4S. The smallest absolute Gasteiger partial charge is 0.263 e. The van der Waals surface area contributed by atoms with Crippen molar-refractivity contribution in [3.05, 3.63) is 59.9 Å². The highest BCUT2D eigenvalue weighted by Crippen LogP contribution is 2.35. The third-order valence-corrected chi connectivity index (χ3v) is 5.90. The fourth-order valence-electron chi connectivity index (χ4n) is 2.85. The van der Waals surface area contributed by atoms with Gasteiger partial charge in [-0.15, -0.1) is 0 Å². The first-order chi connectivity index (χ1) is 12.9. The second-order valence-corrected chi connectivity index (χ2v) is 8.14. The zero-order valence-electron chi connectivity index (χ0n) is 14.9. The van der Waals surface area contributed by atoms with E-state index in [0.717, 1.165) is 10.7 Å². The standard InChI is InChI=1S/C19H21FN2O4S/c1-2-11-21-19(23)18-12-22(16-9-5-6-10-17(16)26-18)27(24,25)13-14-7-3-4-8-15(14)20/h3-10,18H,2,11-13H2,1H3,(H,21,23). The number of carbonyl (C=O) groups excluding carboxylic acids is 1. The van der Waals surface area contributed by atoms with E-state index in [1.807, 2.05) is 6.92 Å². The molecule has 1 N–H and O–H groups in total. The number of hydrogen-bond donors (Lipinski definition) is 1. The molecule has 6 nitrogen and oxygen atoms in total. The van der Waals surface area contributed by atoms with Crippen LogP contribution < -0.4 is 14.4 Å². The first-order valence-electron chi connectivity index (χ1n) is 8.69. The van der Waals surface area contributed by atoms with Gasteiger partial charge in [-0.1, -0.05) is 37.3 Å². The Labute approximate surface area is 158 Å². The topological polar surface area (TPSA) is 75.7 Å². The van der Waals surface area contributed by atoms with Gasteiger partial charge in [-0.3, -0.25) is 9.10 Å². The largest absolute Gasteiger partial charge is 0.476 e. The Bertz CT molecular complexity index is 933. The number of nitrogens with one attached hydrogen (secondary N) is 1. The summed E-state index contributed by atoms with van der Waals surface area (Å²) in [6.07, 6.45) is -0.216. The number of anilines is 1. The van der Waals surface area contributed by atoms with Gasteiger partial charge in [0.1, 0.15) is 11.6 Å². The number of rotatable bonds is 6. The van der Waals surface area contributed by atoms with E-state index >= 15 is 0 Å². The highest BCUT2D eigenvalue weighted by Gasteiger charge is 2.36. The van der Waals surface area contributed by atoms with Gasteiger partial charge >= 0.3 is 0 Å². The molecule has 0 spiro atoms. The highest BCUT2D eigenvalue weighted by molar-refractivity contribution is 7.92. The first kappa shape index (κ1) is 19.2. The summed E-state index contributed by atoms with van der Waals surface area (Å²) >= 11 is 0. The molecule has 2 aromatic rings. The third kappa shape index (κ3) is 4.21. The molecule has 3 rings (SSSR count). The minimum atomic E-state index is -3.93. The van der Waals surface area contributed by atoms with Crippen LogP contribution in [0.3, 0.4) is 0 Å². The Morgan fingerprint density at radius 2 is 1.93 bits per heavy atom. The number of fused-ring (bicyclic) bond motifs is 1. The normalized spacial score (nSPS) is 16.4. The molecule has 0 radical (unpaired) electrons. The number of hydrogen-bond acceptors (Lipinski definition) is 4. The van der Waals surface area contributed by atoms with Gasteiger partial charge in [0, 0.05) is 12.1 Å². The third-order valence-electron chi connectivity index (χ3n) is 4.21. The van der Waals surface area contributed by atoms with Crippen LogP contribution in [0.25, 0.3) is 0 Å². The SMILES string of the molecule is CCCNC(=O)C1CN(S(=O)(=O)Cc2ccccc2F)c2ccccc2O1. The Balaban J connectivity index is 1.92. The molecule has 1 unspecified atom stereocenters. The number of sulfonamides is 1. The van der Waals surface area contributed by atoms with E-state index in [9.17, 15) is 17.6 Å². The van der Waals surface area contributed by atoms with Gasteiger partial charge in [0.25, 0.3) is 5.91 Å². The van der Waals surface area contributed by atoms with Gasteiger partial charge in [-0.25, -0.2) is 12.8 Å². The zero-order valence-corrected chi connectivity index (χ0v) is 15.7. The van der Waals surface area contributed by atoms with E-state index in [0.29, 0.717) is 18.0 Å².